The van der Waals surface area contributed by atoms with Crippen molar-refractivity contribution in [2.75, 3.05) is 0 Å². The predicted octanol–water partition coefficient (Wildman–Crippen LogP) is 2.19. The Hall–Kier alpha value is -1.58. The summed E-state index contributed by atoms with van der Waals surface area (Å²) >= 11 is 5.47. The lowest BCUT2D eigenvalue weighted by Gasteiger charge is -1.91. The SMILES string of the molecule is [N-]=[N+]=NC(=O)c1ccc(Cl)nc1. The van der Waals surface area contributed by atoms with Crippen LogP contribution in [0.2, 0.25) is 5.15 Å². The molecule has 0 saturated carbocycles. The van der Waals surface area contributed by atoms with E-state index in [4.69, 9.17) is 17.1 Å². The highest BCUT2D eigenvalue weighted by Gasteiger charge is 2.01. The first-order valence-corrected chi connectivity index (χ1v) is 3.33. The molecule has 0 unspecified atom stereocenters. The molecule has 0 bridgehead atoms. The summed E-state index contributed by atoms with van der Waals surface area (Å²) in [6, 6.07) is 2.88. The minimum atomic E-state index is -0.665. The highest BCUT2D eigenvalue weighted by Crippen LogP contribution is 2.06. The molecule has 1 heterocycles. The van der Waals surface area contributed by atoms with Gasteiger partial charge in [0.25, 0.3) is 5.91 Å². The smallest absolute Gasteiger partial charge is 0.250 e. The molecule has 0 fully saturated rings. The number of amides is 1. The summed E-state index contributed by atoms with van der Waals surface area (Å²) in [5, 5.41) is 3.17. The van der Waals surface area contributed by atoms with Crippen LogP contribution in [-0.4, -0.2) is 10.9 Å². The largest absolute Gasteiger partial charge is 0.287 e. The first kappa shape index (κ1) is 8.52. The number of carbonyl (C=O) groups is 1. The fourth-order valence-electron chi connectivity index (χ4n) is 0.601. The topological polar surface area (TPSA) is 78.7 Å². The quantitative estimate of drug-likeness (QED) is 0.289. The number of hydrogen-bond donors (Lipinski definition) is 0. The van der Waals surface area contributed by atoms with Gasteiger partial charge in [-0.05, 0) is 22.8 Å². The molecule has 0 spiro atoms. The van der Waals surface area contributed by atoms with Crippen molar-refractivity contribution in [2.45, 2.75) is 0 Å². The number of halogens is 1. The Kier molecular flexibility index (Phi) is 2.63. The molecule has 60 valence electrons. The second-order valence-corrected chi connectivity index (χ2v) is 2.25. The summed E-state index contributed by atoms with van der Waals surface area (Å²) in [5.41, 5.74) is 8.16. The zero-order chi connectivity index (χ0) is 8.97. The van der Waals surface area contributed by atoms with Crippen molar-refractivity contribution >= 4 is 17.5 Å². The standard InChI is InChI=1S/C6H3ClN4O/c7-5-2-1-4(3-9-5)6(12)10-11-8/h1-3H. The number of aromatic nitrogens is 1. The summed E-state index contributed by atoms with van der Waals surface area (Å²) in [4.78, 5) is 16.8. The second kappa shape index (κ2) is 3.71. The number of rotatable bonds is 1. The minimum Gasteiger partial charge on any atom is -0.287 e. The molecule has 6 heteroatoms. The lowest BCUT2D eigenvalue weighted by atomic mass is 10.3. The molecule has 12 heavy (non-hydrogen) atoms. The highest BCUT2D eigenvalue weighted by molar-refractivity contribution is 6.29. The molecule has 5 nitrogen and oxygen atoms in total. The van der Waals surface area contributed by atoms with E-state index in [2.05, 4.69) is 15.0 Å². The van der Waals surface area contributed by atoms with E-state index in [1.165, 1.54) is 18.3 Å². The Bertz CT molecular complexity index is 341. The highest BCUT2D eigenvalue weighted by atomic mass is 35.5. The van der Waals surface area contributed by atoms with Crippen molar-refractivity contribution in [1.29, 1.82) is 0 Å². The van der Waals surface area contributed by atoms with Gasteiger partial charge in [-0.15, -0.1) is 0 Å². The van der Waals surface area contributed by atoms with E-state index in [1.807, 2.05) is 0 Å². The van der Waals surface area contributed by atoms with E-state index in [9.17, 15) is 4.79 Å². The molecule has 0 aliphatic rings. The molecule has 1 aromatic heterocycles. The van der Waals surface area contributed by atoms with Gasteiger partial charge >= 0.3 is 0 Å². The zero-order valence-electron chi connectivity index (χ0n) is 5.81. The van der Waals surface area contributed by atoms with Crippen LogP contribution in [0.15, 0.2) is 23.4 Å². The molecular formula is C6H3ClN4O. The summed E-state index contributed by atoms with van der Waals surface area (Å²) in [7, 11) is 0. The molecule has 1 aromatic rings. The lowest BCUT2D eigenvalue weighted by molar-refractivity contribution is 0.1000. The van der Waals surface area contributed by atoms with Gasteiger partial charge in [-0.3, -0.25) is 4.79 Å². The third-order valence-corrected chi connectivity index (χ3v) is 1.33. The summed E-state index contributed by atoms with van der Waals surface area (Å²) in [5.74, 6) is -0.665. The van der Waals surface area contributed by atoms with Crippen molar-refractivity contribution in [2.24, 2.45) is 5.11 Å². The van der Waals surface area contributed by atoms with E-state index >= 15 is 0 Å². The zero-order valence-corrected chi connectivity index (χ0v) is 6.56. The van der Waals surface area contributed by atoms with Crippen molar-refractivity contribution in [3.8, 4) is 0 Å². The normalized spacial score (nSPS) is 8.75. The molecular weight excluding hydrogens is 180 g/mol. The molecule has 0 aromatic carbocycles. The Balaban J connectivity index is 2.97. The van der Waals surface area contributed by atoms with E-state index in [1.54, 1.807) is 0 Å². The Morgan fingerprint density at radius 3 is 2.92 bits per heavy atom. The van der Waals surface area contributed by atoms with Crippen LogP contribution in [-0.2, 0) is 0 Å². The summed E-state index contributed by atoms with van der Waals surface area (Å²) in [6.45, 7) is 0. The maximum atomic E-state index is 10.9. The number of pyridine rings is 1. The van der Waals surface area contributed by atoms with Crippen molar-refractivity contribution < 1.29 is 4.79 Å². The van der Waals surface area contributed by atoms with Crippen molar-refractivity contribution in [3.63, 3.8) is 0 Å². The molecule has 0 aliphatic heterocycles. The van der Waals surface area contributed by atoms with Crippen LogP contribution in [0.5, 0.6) is 0 Å². The molecule has 0 N–H and O–H groups in total. The van der Waals surface area contributed by atoms with E-state index < -0.39 is 5.91 Å². The Labute approximate surface area is 72.6 Å². The van der Waals surface area contributed by atoms with Crippen LogP contribution in [0.4, 0.5) is 0 Å². The second-order valence-electron chi connectivity index (χ2n) is 1.86. The van der Waals surface area contributed by atoms with Gasteiger partial charge in [0.05, 0.1) is 0 Å². The first-order chi connectivity index (χ1) is 5.74. The number of nitrogens with zero attached hydrogens (tertiary/aromatic N) is 4. The molecule has 1 amide bonds. The molecule has 0 saturated heterocycles. The van der Waals surface area contributed by atoms with E-state index in [-0.39, 0.29) is 10.7 Å². The molecule has 0 aliphatic carbocycles. The van der Waals surface area contributed by atoms with Gasteiger partial charge < -0.3 is 0 Å². The van der Waals surface area contributed by atoms with Crippen molar-refractivity contribution in [1.82, 2.24) is 4.98 Å². The fraction of sp³-hybridized carbons (Fsp3) is 0. The van der Waals surface area contributed by atoms with E-state index in [0.29, 0.717) is 0 Å². The van der Waals surface area contributed by atoms with Gasteiger partial charge in [0.1, 0.15) is 5.15 Å². The first-order valence-electron chi connectivity index (χ1n) is 2.95. The van der Waals surface area contributed by atoms with Crippen molar-refractivity contribution in [3.05, 3.63) is 39.5 Å². The monoisotopic (exact) mass is 182 g/mol. The van der Waals surface area contributed by atoms with Gasteiger partial charge in [-0.1, -0.05) is 11.6 Å². The predicted molar refractivity (Wildman–Crippen MR) is 42.7 cm³/mol. The third-order valence-electron chi connectivity index (χ3n) is 1.11. The maximum Gasteiger partial charge on any atom is 0.250 e. The lowest BCUT2D eigenvalue weighted by Crippen LogP contribution is -1.93. The average molecular weight is 183 g/mol. The van der Waals surface area contributed by atoms with E-state index in [0.717, 1.165) is 0 Å². The van der Waals surface area contributed by atoms with Gasteiger partial charge in [0.15, 0.2) is 0 Å². The Morgan fingerprint density at radius 2 is 2.42 bits per heavy atom. The van der Waals surface area contributed by atoms with Gasteiger partial charge in [0, 0.05) is 16.7 Å². The average Bonchev–Trinajstić information content (AvgIpc) is 2.06. The van der Waals surface area contributed by atoms with Crippen LogP contribution in [0, 0.1) is 0 Å². The Morgan fingerprint density at radius 1 is 1.67 bits per heavy atom. The summed E-state index contributed by atoms with van der Waals surface area (Å²) < 4.78 is 0. The number of carbonyl (C=O) groups excluding carboxylic acids is 1. The summed E-state index contributed by atoms with van der Waals surface area (Å²) in [6.07, 6.45) is 1.25. The number of azide groups is 1. The third kappa shape index (κ3) is 1.95. The maximum absolute atomic E-state index is 10.9. The number of hydrogen-bond acceptors (Lipinski definition) is 2. The minimum absolute atomic E-state index is 0.220. The van der Waals surface area contributed by atoms with Gasteiger partial charge in [0.2, 0.25) is 0 Å². The molecule has 0 radical (unpaired) electrons. The van der Waals surface area contributed by atoms with Crippen LogP contribution in [0.25, 0.3) is 10.4 Å². The van der Waals surface area contributed by atoms with Crippen LogP contribution >= 0.6 is 11.6 Å². The fourth-order valence-corrected chi connectivity index (χ4v) is 0.712. The van der Waals surface area contributed by atoms with Gasteiger partial charge in [-0.25, -0.2) is 4.98 Å². The molecule has 1 rings (SSSR count). The van der Waals surface area contributed by atoms with Crippen LogP contribution in [0.1, 0.15) is 10.4 Å². The van der Waals surface area contributed by atoms with Crippen LogP contribution in [0.3, 0.4) is 0 Å². The molecule has 0 atom stereocenters. The van der Waals surface area contributed by atoms with Crippen LogP contribution < -0.4 is 0 Å². The van der Waals surface area contributed by atoms with Gasteiger partial charge in [-0.2, -0.15) is 0 Å².